The van der Waals surface area contributed by atoms with Crippen LogP contribution in [-0.4, -0.2) is 14.1 Å². The first-order valence-corrected chi connectivity index (χ1v) is 3.03. The van der Waals surface area contributed by atoms with Gasteiger partial charge in [-0.25, -0.2) is 26.2 Å². The molecule has 2 N–H and O–H groups in total. The summed E-state index contributed by atoms with van der Waals surface area (Å²) in [5.41, 5.74) is -2.77. The van der Waals surface area contributed by atoms with Crippen LogP contribution in [0, 0.1) is 0 Å². The molecular weight excluding hydrogens is 236 g/mol. The molecular formula is C3H2Cl2N3NaO4. The smallest absolute Gasteiger partial charge is 0.769 e. The van der Waals surface area contributed by atoms with Crippen LogP contribution in [0.3, 0.4) is 0 Å². The normalized spacial score (nSPS) is 7.92. The molecule has 0 aliphatic rings. The summed E-state index contributed by atoms with van der Waals surface area (Å²) in [7, 11) is 0. The monoisotopic (exact) mass is 237 g/mol. The van der Waals surface area contributed by atoms with E-state index in [4.69, 9.17) is 16.4 Å². The maximum atomic E-state index is 10.4. The minimum Gasteiger partial charge on any atom is -0.769 e. The first kappa shape index (κ1) is 15.4. The van der Waals surface area contributed by atoms with Gasteiger partial charge in [-0.1, -0.05) is 0 Å². The standard InChI is InChI=1S/C3H2ClN3O3.ClO.Na/c4-7-2(9)5-1(8)6-3(7)10;1-2;/h(H2,5,6,8,9,10);;/q;-1;+1. The molecule has 0 radical (unpaired) electrons. The molecule has 0 saturated heterocycles. The van der Waals surface area contributed by atoms with Crippen LogP contribution in [0.25, 0.3) is 0 Å². The predicted octanol–water partition coefficient (Wildman–Crippen LogP) is -5.27. The average Bonchev–Trinajstić information content (AvgIpc) is 2.04. The van der Waals surface area contributed by atoms with Gasteiger partial charge in [0.25, 0.3) is 0 Å². The van der Waals surface area contributed by atoms with Gasteiger partial charge in [0, 0.05) is 11.8 Å². The van der Waals surface area contributed by atoms with E-state index in [0.29, 0.717) is 0 Å². The summed E-state index contributed by atoms with van der Waals surface area (Å²) in [6.45, 7) is 0. The Hall–Kier alpha value is -0.0500. The van der Waals surface area contributed by atoms with E-state index in [0.717, 1.165) is 0 Å². The van der Waals surface area contributed by atoms with Crippen molar-refractivity contribution in [2.24, 2.45) is 0 Å². The molecule has 0 unspecified atom stereocenters. The Kier molecular flexibility index (Phi) is 8.74. The molecule has 0 atom stereocenters. The van der Waals surface area contributed by atoms with E-state index in [1.807, 2.05) is 0 Å². The molecule has 13 heavy (non-hydrogen) atoms. The fourth-order valence-corrected chi connectivity index (χ4v) is 0.500. The summed E-state index contributed by atoms with van der Waals surface area (Å²) in [5.74, 6) is 0. The second-order valence-electron chi connectivity index (χ2n) is 1.47. The van der Waals surface area contributed by atoms with Crippen molar-refractivity contribution in [3.63, 3.8) is 0 Å². The van der Waals surface area contributed by atoms with Gasteiger partial charge in [-0.05, 0) is 0 Å². The number of halogens is 2. The molecule has 1 aromatic heterocycles. The molecule has 0 spiro atoms. The van der Waals surface area contributed by atoms with E-state index in [1.54, 1.807) is 9.97 Å². The third-order valence-corrected chi connectivity index (χ3v) is 1.10. The fourth-order valence-electron chi connectivity index (χ4n) is 0.416. The Morgan fingerprint density at radius 2 is 1.38 bits per heavy atom. The number of H-pyrrole nitrogens is 2. The van der Waals surface area contributed by atoms with Crippen molar-refractivity contribution in [2.45, 2.75) is 0 Å². The summed E-state index contributed by atoms with van der Waals surface area (Å²) in [6.07, 6.45) is 0. The Morgan fingerprint density at radius 1 is 1.08 bits per heavy atom. The zero-order valence-electron chi connectivity index (χ0n) is 6.34. The molecule has 0 aliphatic carbocycles. The molecule has 68 valence electrons. The van der Waals surface area contributed by atoms with Crippen molar-refractivity contribution in [2.75, 3.05) is 0 Å². The first-order valence-electron chi connectivity index (χ1n) is 2.38. The molecule has 10 heteroatoms. The van der Waals surface area contributed by atoms with Crippen molar-refractivity contribution < 1.29 is 34.2 Å². The third kappa shape index (κ3) is 4.65. The zero-order valence-corrected chi connectivity index (χ0v) is 9.85. The summed E-state index contributed by atoms with van der Waals surface area (Å²) in [6, 6.07) is 0. The van der Waals surface area contributed by atoms with Gasteiger partial charge in [-0.15, -0.1) is 0 Å². The maximum absolute atomic E-state index is 10.4. The predicted molar refractivity (Wildman–Crippen MR) is 39.0 cm³/mol. The van der Waals surface area contributed by atoms with Gasteiger partial charge in [0.15, 0.2) is 0 Å². The molecule has 0 fully saturated rings. The molecule has 1 aromatic rings. The van der Waals surface area contributed by atoms with Gasteiger partial charge in [-0.2, -0.15) is 4.09 Å². The Bertz CT molecular complexity index is 374. The largest absolute Gasteiger partial charge is 1.00 e. The molecule has 0 aliphatic heterocycles. The number of nitrogens with one attached hydrogen (secondary N) is 2. The van der Waals surface area contributed by atoms with Gasteiger partial charge in [0.2, 0.25) is 0 Å². The number of aromatic nitrogens is 3. The number of hydrogen-bond donors (Lipinski definition) is 2. The molecule has 0 amide bonds. The summed E-state index contributed by atoms with van der Waals surface area (Å²) in [5, 5.41) is 0. The van der Waals surface area contributed by atoms with Crippen LogP contribution in [0.5, 0.6) is 0 Å². The Labute approximate surface area is 103 Å². The van der Waals surface area contributed by atoms with E-state index in [9.17, 15) is 14.4 Å². The van der Waals surface area contributed by atoms with Gasteiger partial charge in [0.1, 0.15) is 0 Å². The van der Waals surface area contributed by atoms with Crippen LogP contribution in [0.1, 0.15) is 0 Å². The zero-order chi connectivity index (χ0) is 9.72. The third-order valence-electron chi connectivity index (χ3n) is 0.798. The van der Waals surface area contributed by atoms with E-state index in [-0.39, 0.29) is 33.6 Å². The fraction of sp³-hybridized carbons (Fsp3) is 0. The van der Waals surface area contributed by atoms with E-state index >= 15 is 0 Å². The van der Waals surface area contributed by atoms with Crippen molar-refractivity contribution in [3.8, 4) is 0 Å². The summed E-state index contributed by atoms with van der Waals surface area (Å²) in [4.78, 5) is 34.6. The average molecular weight is 238 g/mol. The molecule has 0 bridgehead atoms. The van der Waals surface area contributed by atoms with Crippen molar-refractivity contribution in [3.05, 3.63) is 31.5 Å². The minimum atomic E-state index is -0.949. The van der Waals surface area contributed by atoms with Crippen LogP contribution in [0.15, 0.2) is 14.4 Å². The SMILES string of the molecule is O=c1[nH]c(=O)n(Cl)c(=O)[nH]1.[Na+].[O-]Cl. The van der Waals surface area contributed by atoms with Gasteiger partial charge >= 0.3 is 46.6 Å². The first-order chi connectivity index (χ1) is 5.61. The molecule has 1 rings (SSSR count). The van der Waals surface area contributed by atoms with Crippen LogP contribution in [-0.2, 0) is 0 Å². The van der Waals surface area contributed by atoms with Gasteiger partial charge in [0.05, 0.1) is 0 Å². The van der Waals surface area contributed by atoms with E-state index in [2.05, 4.69) is 11.9 Å². The molecule has 0 saturated carbocycles. The Balaban J connectivity index is 0. The van der Waals surface area contributed by atoms with Crippen LogP contribution in [0.2, 0.25) is 0 Å². The topological polar surface area (TPSA) is 111 Å². The van der Waals surface area contributed by atoms with Crippen molar-refractivity contribution >= 4 is 23.6 Å². The molecule has 7 nitrogen and oxygen atoms in total. The van der Waals surface area contributed by atoms with Crippen LogP contribution in [0.4, 0.5) is 0 Å². The minimum absolute atomic E-state index is 0. The van der Waals surface area contributed by atoms with Crippen molar-refractivity contribution in [1.29, 1.82) is 0 Å². The molecule has 1 heterocycles. The quantitative estimate of drug-likeness (QED) is 0.440. The van der Waals surface area contributed by atoms with E-state index < -0.39 is 17.1 Å². The summed E-state index contributed by atoms with van der Waals surface area (Å²) >= 11 is 8.43. The van der Waals surface area contributed by atoms with Crippen LogP contribution < -0.4 is 51.3 Å². The second-order valence-corrected chi connectivity index (χ2v) is 1.81. The second kappa shape index (κ2) is 7.36. The maximum Gasteiger partial charge on any atom is 1.00 e. The van der Waals surface area contributed by atoms with Crippen LogP contribution >= 0.6 is 23.6 Å². The number of aromatic amines is 2. The van der Waals surface area contributed by atoms with E-state index in [1.165, 1.54) is 0 Å². The number of rotatable bonds is 0. The molecule has 0 aromatic carbocycles. The summed E-state index contributed by atoms with van der Waals surface area (Å²) < 4.78 is 7.96. The van der Waals surface area contributed by atoms with Gasteiger partial charge in [-0.3, -0.25) is 9.97 Å². The van der Waals surface area contributed by atoms with Crippen molar-refractivity contribution in [1.82, 2.24) is 14.1 Å². The van der Waals surface area contributed by atoms with Gasteiger partial charge < -0.3 is 4.66 Å². The Morgan fingerprint density at radius 3 is 1.69 bits per heavy atom. The number of hydrogen-bond acceptors (Lipinski definition) is 4. The number of nitrogens with zero attached hydrogens (tertiary/aromatic N) is 1.